The fourth-order valence-corrected chi connectivity index (χ4v) is 1.79. The number of fused-ring (bicyclic) bond motifs is 1. The molecule has 3 heterocycles. The van der Waals surface area contributed by atoms with E-state index < -0.39 is 0 Å². The third-order valence-corrected chi connectivity index (χ3v) is 3.23. The van der Waals surface area contributed by atoms with E-state index in [0.717, 1.165) is 23.1 Å². The SMILES string of the molecule is CC[C@@H](C)c1nnc(-c2cnc3onc(C)c3c2)o1. The summed E-state index contributed by atoms with van der Waals surface area (Å²) in [5.41, 5.74) is 2.09. The van der Waals surface area contributed by atoms with Gasteiger partial charge in [-0.2, -0.15) is 0 Å². The number of aryl methyl sites for hydroxylation is 1. The molecule has 0 saturated carbocycles. The largest absolute Gasteiger partial charge is 0.420 e. The maximum atomic E-state index is 5.67. The molecule has 19 heavy (non-hydrogen) atoms. The highest BCUT2D eigenvalue weighted by Gasteiger charge is 2.15. The number of hydrogen-bond acceptors (Lipinski definition) is 6. The fraction of sp³-hybridized carbons (Fsp3) is 0.385. The van der Waals surface area contributed by atoms with E-state index in [0.29, 0.717) is 17.5 Å². The lowest BCUT2D eigenvalue weighted by molar-refractivity contribution is 0.443. The van der Waals surface area contributed by atoms with E-state index in [4.69, 9.17) is 8.94 Å². The zero-order valence-corrected chi connectivity index (χ0v) is 11.0. The van der Waals surface area contributed by atoms with Crippen LogP contribution >= 0.6 is 0 Å². The van der Waals surface area contributed by atoms with Crippen LogP contribution in [0.25, 0.3) is 22.6 Å². The van der Waals surface area contributed by atoms with Crippen LogP contribution in [-0.4, -0.2) is 20.3 Å². The molecule has 3 aromatic heterocycles. The van der Waals surface area contributed by atoms with E-state index in [2.05, 4.69) is 34.2 Å². The maximum Gasteiger partial charge on any atom is 0.257 e. The highest BCUT2D eigenvalue weighted by Crippen LogP contribution is 2.25. The second-order valence-corrected chi connectivity index (χ2v) is 4.60. The monoisotopic (exact) mass is 258 g/mol. The molecular weight excluding hydrogens is 244 g/mol. The standard InChI is InChI=1S/C13H14N4O2/c1-4-7(2)11-15-16-12(18-11)9-5-10-8(3)17-19-13(10)14-6-9/h5-7H,4H2,1-3H3/t7-/m1/s1. The number of pyridine rings is 1. The molecule has 0 unspecified atom stereocenters. The third kappa shape index (κ3) is 1.99. The van der Waals surface area contributed by atoms with Gasteiger partial charge in [0.1, 0.15) is 0 Å². The summed E-state index contributed by atoms with van der Waals surface area (Å²) in [6.07, 6.45) is 2.62. The summed E-state index contributed by atoms with van der Waals surface area (Å²) in [6, 6.07) is 1.90. The van der Waals surface area contributed by atoms with Crippen molar-refractivity contribution >= 4 is 11.1 Å². The molecule has 3 aromatic rings. The molecule has 0 aliphatic heterocycles. The van der Waals surface area contributed by atoms with E-state index >= 15 is 0 Å². The summed E-state index contributed by atoms with van der Waals surface area (Å²) in [7, 11) is 0. The van der Waals surface area contributed by atoms with E-state index in [1.807, 2.05) is 13.0 Å². The van der Waals surface area contributed by atoms with Gasteiger partial charge in [0, 0.05) is 12.1 Å². The first-order chi connectivity index (χ1) is 9.19. The van der Waals surface area contributed by atoms with Crippen LogP contribution in [-0.2, 0) is 0 Å². The number of aromatic nitrogens is 4. The summed E-state index contributed by atoms with van der Waals surface area (Å²) >= 11 is 0. The highest BCUT2D eigenvalue weighted by atomic mass is 16.5. The molecule has 0 aromatic carbocycles. The van der Waals surface area contributed by atoms with Crippen molar-refractivity contribution in [2.75, 3.05) is 0 Å². The Morgan fingerprint density at radius 1 is 1.32 bits per heavy atom. The summed E-state index contributed by atoms with van der Waals surface area (Å²) in [5.74, 6) is 1.39. The van der Waals surface area contributed by atoms with Crippen molar-refractivity contribution in [3.63, 3.8) is 0 Å². The van der Waals surface area contributed by atoms with Gasteiger partial charge in [-0.25, -0.2) is 4.98 Å². The predicted octanol–water partition coefficient (Wildman–Crippen LogP) is 3.09. The normalized spacial score (nSPS) is 13.0. The molecule has 0 radical (unpaired) electrons. The second-order valence-electron chi connectivity index (χ2n) is 4.60. The first kappa shape index (κ1) is 11.8. The first-order valence-electron chi connectivity index (χ1n) is 6.24. The van der Waals surface area contributed by atoms with Crippen LogP contribution in [0.1, 0.15) is 37.8 Å². The van der Waals surface area contributed by atoms with Crippen molar-refractivity contribution in [1.82, 2.24) is 20.3 Å². The highest BCUT2D eigenvalue weighted by molar-refractivity contribution is 5.79. The third-order valence-electron chi connectivity index (χ3n) is 3.23. The van der Waals surface area contributed by atoms with Gasteiger partial charge in [-0.3, -0.25) is 0 Å². The van der Waals surface area contributed by atoms with Crippen LogP contribution in [0, 0.1) is 6.92 Å². The minimum atomic E-state index is 0.260. The van der Waals surface area contributed by atoms with Crippen LogP contribution in [0.2, 0.25) is 0 Å². The first-order valence-corrected chi connectivity index (χ1v) is 6.24. The topological polar surface area (TPSA) is 77.8 Å². The van der Waals surface area contributed by atoms with Gasteiger partial charge < -0.3 is 8.94 Å². The quantitative estimate of drug-likeness (QED) is 0.718. The van der Waals surface area contributed by atoms with Crippen molar-refractivity contribution in [3.8, 4) is 11.5 Å². The Hall–Kier alpha value is -2.24. The lowest BCUT2D eigenvalue weighted by Crippen LogP contribution is -1.90. The summed E-state index contributed by atoms with van der Waals surface area (Å²) in [6.45, 7) is 6.02. The van der Waals surface area contributed by atoms with E-state index in [-0.39, 0.29) is 5.92 Å². The van der Waals surface area contributed by atoms with E-state index in [1.165, 1.54) is 0 Å². The van der Waals surface area contributed by atoms with E-state index in [1.54, 1.807) is 6.20 Å². The lowest BCUT2D eigenvalue weighted by Gasteiger charge is -1.99. The van der Waals surface area contributed by atoms with Gasteiger partial charge in [0.2, 0.25) is 11.8 Å². The minimum absolute atomic E-state index is 0.260. The molecule has 0 amide bonds. The Balaban J connectivity index is 2.03. The van der Waals surface area contributed by atoms with Crippen LogP contribution in [0.3, 0.4) is 0 Å². The van der Waals surface area contributed by atoms with Crippen molar-refractivity contribution < 1.29 is 8.94 Å². The smallest absolute Gasteiger partial charge is 0.257 e. The summed E-state index contributed by atoms with van der Waals surface area (Å²) < 4.78 is 10.7. The van der Waals surface area contributed by atoms with Gasteiger partial charge >= 0.3 is 0 Å². The second kappa shape index (κ2) is 4.46. The molecule has 0 fully saturated rings. The van der Waals surface area contributed by atoms with Crippen LogP contribution in [0.5, 0.6) is 0 Å². The summed E-state index contributed by atoms with van der Waals surface area (Å²) in [5, 5.41) is 12.9. The zero-order valence-electron chi connectivity index (χ0n) is 11.0. The van der Waals surface area contributed by atoms with Crippen molar-refractivity contribution in [1.29, 1.82) is 0 Å². The van der Waals surface area contributed by atoms with Crippen LogP contribution in [0.4, 0.5) is 0 Å². The molecule has 0 bridgehead atoms. The molecule has 3 rings (SSSR count). The average Bonchev–Trinajstić information content (AvgIpc) is 3.05. The Labute approximate surface area is 109 Å². The molecule has 6 nitrogen and oxygen atoms in total. The van der Waals surface area contributed by atoms with Crippen molar-refractivity contribution in [2.45, 2.75) is 33.1 Å². The van der Waals surface area contributed by atoms with E-state index in [9.17, 15) is 0 Å². The van der Waals surface area contributed by atoms with Gasteiger partial charge in [-0.1, -0.05) is 19.0 Å². The van der Waals surface area contributed by atoms with Gasteiger partial charge in [0.25, 0.3) is 5.71 Å². The number of nitrogens with zero attached hydrogens (tertiary/aromatic N) is 4. The predicted molar refractivity (Wildman–Crippen MR) is 68.5 cm³/mol. The summed E-state index contributed by atoms with van der Waals surface area (Å²) in [4.78, 5) is 4.20. The molecule has 0 aliphatic rings. The number of hydrogen-bond donors (Lipinski definition) is 0. The average molecular weight is 258 g/mol. The molecule has 0 N–H and O–H groups in total. The molecule has 98 valence electrons. The minimum Gasteiger partial charge on any atom is -0.420 e. The number of rotatable bonds is 3. The Morgan fingerprint density at radius 3 is 2.95 bits per heavy atom. The Bertz CT molecular complexity index is 716. The van der Waals surface area contributed by atoms with Crippen molar-refractivity contribution in [2.24, 2.45) is 0 Å². The Kier molecular flexibility index (Phi) is 2.77. The molecule has 1 atom stereocenters. The fourth-order valence-electron chi connectivity index (χ4n) is 1.79. The Morgan fingerprint density at radius 2 is 2.16 bits per heavy atom. The molecule has 0 aliphatic carbocycles. The van der Waals surface area contributed by atoms with Gasteiger partial charge in [-0.05, 0) is 19.4 Å². The molecule has 6 heteroatoms. The van der Waals surface area contributed by atoms with Crippen LogP contribution in [0.15, 0.2) is 21.2 Å². The molecule has 0 spiro atoms. The maximum absolute atomic E-state index is 5.67. The lowest BCUT2D eigenvalue weighted by atomic mass is 10.1. The molecule has 0 saturated heterocycles. The van der Waals surface area contributed by atoms with Gasteiger partial charge in [0.05, 0.1) is 16.6 Å². The van der Waals surface area contributed by atoms with Gasteiger partial charge in [-0.15, -0.1) is 10.2 Å². The van der Waals surface area contributed by atoms with Crippen molar-refractivity contribution in [3.05, 3.63) is 23.8 Å². The zero-order chi connectivity index (χ0) is 13.4. The van der Waals surface area contributed by atoms with Crippen LogP contribution < -0.4 is 0 Å². The van der Waals surface area contributed by atoms with Gasteiger partial charge in [0.15, 0.2) is 0 Å². The molecular formula is C13H14N4O2.